The van der Waals surface area contributed by atoms with Crippen LogP contribution in [0.5, 0.6) is 0 Å². The molecule has 0 aliphatic heterocycles. The van der Waals surface area contributed by atoms with E-state index in [9.17, 15) is 14.4 Å². The topological polar surface area (TPSA) is 63.2 Å². The molecule has 8 heteroatoms. The van der Waals surface area contributed by atoms with Crippen LogP contribution in [0, 0.1) is 5.92 Å². The molecule has 1 amide bonds. The first-order chi connectivity index (χ1) is 15.3. The van der Waals surface area contributed by atoms with Crippen LogP contribution in [0.15, 0.2) is 74.3 Å². The molecule has 2 heterocycles. The summed E-state index contributed by atoms with van der Waals surface area (Å²) in [5.41, 5.74) is 0.689. The predicted octanol–water partition coefficient (Wildman–Crippen LogP) is 6.69. The Balaban J connectivity index is 1.96. The Labute approximate surface area is 211 Å². The molecule has 0 aliphatic rings. The molecule has 2 aromatic heterocycles. The predicted molar refractivity (Wildman–Crippen MR) is 139 cm³/mol. The fraction of sp³-hybridized carbons (Fsp3) is 0.125. The van der Waals surface area contributed by atoms with Gasteiger partial charge >= 0.3 is 0 Å². The Bertz CT molecular complexity index is 1100. The molecule has 0 saturated carbocycles. The van der Waals surface area contributed by atoms with Gasteiger partial charge in [0.1, 0.15) is 5.92 Å². The van der Waals surface area contributed by atoms with Gasteiger partial charge in [-0.2, -0.15) is 0 Å². The van der Waals surface area contributed by atoms with E-state index in [0.717, 1.165) is 18.7 Å². The van der Waals surface area contributed by atoms with Gasteiger partial charge in [-0.3, -0.25) is 14.4 Å². The smallest absolute Gasteiger partial charge is 0.217 e. The van der Waals surface area contributed by atoms with Gasteiger partial charge in [-0.25, -0.2) is 0 Å². The molecule has 0 radical (unpaired) electrons. The maximum Gasteiger partial charge on any atom is 0.217 e. The quantitative estimate of drug-likeness (QED) is 0.222. The number of hydrogen-bond donors (Lipinski definition) is 1. The Morgan fingerprint density at radius 2 is 1.38 bits per heavy atom. The van der Waals surface area contributed by atoms with Crippen molar-refractivity contribution in [3.63, 3.8) is 0 Å². The molecule has 0 saturated heterocycles. The number of rotatable bonds is 9. The van der Waals surface area contributed by atoms with E-state index in [0.29, 0.717) is 5.56 Å². The van der Waals surface area contributed by atoms with E-state index in [1.165, 1.54) is 41.7 Å². The first-order valence-electron chi connectivity index (χ1n) is 9.57. The molecule has 0 aliphatic carbocycles. The summed E-state index contributed by atoms with van der Waals surface area (Å²) in [7, 11) is 0. The molecule has 164 valence electrons. The second-order valence-electron chi connectivity index (χ2n) is 6.87. The van der Waals surface area contributed by atoms with Crippen molar-refractivity contribution in [2.24, 2.45) is 5.92 Å². The minimum Gasteiger partial charge on any atom is -0.348 e. The number of nitrogens with one attached hydrogen (secondary N) is 1. The summed E-state index contributed by atoms with van der Waals surface area (Å²) in [6.07, 6.45) is 6.20. The van der Waals surface area contributed by atoms with E-state index in [4.69, 9.17) is 0 Å². The Kier molecular flexibility index (Phi) is 8.92. The van der Waals surface area contributed by atoms with Gasteiger partial charge in [-0.05, 0) is 73.9 Å². The van der Waals surface area contributed by atoms with Gasteiger partial charge in [0.15, 0.2) is 11.6 Å². The highest BCUT2D eigenvalue weighted by molar-refractivity contribution is 9.10. The zero-order valence-electron chi connectivity index (χ0n) is 17.0. The minimum atomic E-state index is -1.10. The molecule has 4 nitrogen and oxygen atoms in total. The molecule has 1 N–H and O–H groups in total. The number of hydrogen-bond acceptors (Lipinski definition) is 5. The van der Waals surface area contributed by atoms with Gasteiger partial charge in [0.2, 0.25) is 5.91 Å². The molecule has 3 aromatic rings. The third-order valence-electron chi connectivity index (χ3n) is 4.46. The molecule has 0 fully saturated rings. The van der Waals surface area contributed by atoms with E-state index in [1.54, 1.807) is 24.3 Å². The summed E-state index contributed by atoms with van der Waals surface area (Å²) in [6.45, 7) is 1.37. The molecule has 1 atom stereocenters. The lowest BCUT2D eigenvalue weighted by atomic mass is 9.85. The maximum atomic E-state index is 13.3. The van der Waals surface area contributed by atoms with E-state index >= 15 is 0 Å². The third-order valence-corrected chi connectivity index (χ3v) is 7.78. The molecule has 1 unspecified atom stereocenters. The lowest BCUT2D eigenvalue weighted by Gasteiger charge is -2.24. The van der Waals surface area contributed by atoms with Gasteiger partial charge in [-0.15, -0.1) is 22.7 Å². The first kappa shape index (κ1) is 24.5. The lowest BCUT2D eigenvalue weighted by Crippen LogP contribution is -2.39. The number of amides is 1. The highest BCUT2D eigenvalue weighted by Gasteiger charge is 2.33. The van der Waals surface area contributed by atoms with Crippen LogP contribution in [0.4, 0.5) is 0 Å². The Morgan fingerprint density at radius 1 is 0.875 bits per heavy atom. The van der Waals surface area contributed by atoms with Crippen LogP contribution in [-0.4, -0.2) is 17.5 Å². The summed E-state index contributed by atoms with van der Waals surface area (Å²) in [5.74, 6) is -2.17. The third kappa shape index (κ3) is 6.93. The summed E-state index contributed by atoms with van der Waals surface area (Å²) >= 11 is 9.75. The lowest BCUT2D eigenvalue weighted by molar-refractivity contribution is -0.129. The monoisotopic (exact) mass is 591 g/mol. The normalized spacial score (nSPS) is 13.3. The van der Waals surface area contributed by atoms with Crippen LogP contribution in [-0.2, 0) is 14.4 Å². The number of halogens is 2. The van der Waals surface area contributed by atoms with Crippen molar-refractivity contribution in [1.29, 1.82) is 0 Å². The van der Waals surface area contributed by atoms with E-state index in [1.807, 2.05) is 41.1 Å². The van der Waals surface area contributed by atoms with Crippen LogP contribution in [0.3, 0.4) is 0 Å². The van der Waals surface area contributed by atoms with E-state index in [-0.39, 0.29) is 17.5 Å². The summed E-state index contributed by atoms with van der Waals surface area (Å²) < 4.78 is 1.85. The fourth-order valence-corrected chi connectivity index (χ4v) is 5.75. The molecular weight excluding hydrogens is 574 g/mol. The van der Waals surface area contributed by atoms with Crippen LogP contribution < -0.4 is 5.32 Å². The molecule has 32 heavy (non-hydrogen) atoms. The van der Waals surface area contributed by atoms with Crippen LogP contribution >= 0.6 is 54.5 Å². The molecule has 1 aromatic carbocycles. The van der Waals surface area contributed by atoms with Gasteiger partial charge in [0.25, 0.3) is 0 Å². The molecular formula is C24H19Br2NO3S2. The van der Waals surface area contributed by atoms with Crippen LogP contribution in [0.25, 0.3) is 12.2 Å². The number of thiophene rings is 2. The van der Waals surface area contributed by atoms with Crippen molar-refractivity contribution < 1.29 is 14.4 Å². The summed E-state index contributed by atoms with van der Waals surface area (Å²) in [6, 6.07) is 12.1. The molecule has 0 spiro atoms. The maximum absolute atomic E-state index is 13.3. The minimum absolute atomic E-state index is 0.318. The number of carbonyl (C=O) groups excluding carboxylic acids is 3. The van der Waals surface area contributed by atoms with Gasteiger partial charge in [0.05, 0.1) is 6.04 Å². The number of ketones is 2. The molecule has 3 rings (SSSR count). The standard InChI is InChI=1S/C24H19Br2NO3S2/c1-15(28)27-24(16-5-3-2-4-6-16)23(21(29)9-7-19-11-17(25)13-31-19)22(30)10-8-20-12-18(26)14-32-20/h2-14,23-24H,1H3,(H,27,28). The van der Waals surface area contributed by atoms with E-state index in [2.05, 4.69) is 37.2 Å². The summed E-state index contributed by atoms with van der Waals surface area (Å²) in [4.78, 5) is 40.3. The average Bonchev–Trinajstić information content (AvgIpc) is 3.38. The van der Waals surface area contributed by atoms with Crippen molar-refractivity contribution in [2.45, 2.75) is 13.0 Å². The first-order valence-corrected chi connectivity index (χ1v) is 12.9. The summed E-state index contributed by atoms with van der Waals surface area (Å²) in [5, 5.41) is 6.64. The van der Waals surface area contributed by atoms with E-state index < -0.39 is 12.0 Å². The Morgan fingerprint density at radius 3 is 1.78 bits per heavy atom. The van der Waals surface area contributed by atoms with Crippen LogP contribution in [0.2, 0.25) is 0 Å². The second kappa shape index (κ2) is 11.7. The zero-order valence-corrected chi connectivity index (χ0v) is 21.8. The van der Waals surface area contributed by atoms with Crippen molar-refractivity contribution in [1.82, 2.24) is 5.32 Å². The van der Waals surface area contributed by atoms with Crippen molar-refractivity contribution in [3.05, 3.63) is 89.6 Å². The SMILES string of the molecule is CC(=O)NC(c1ccccc1)C(C(=O)C=Cc1cc(Br)cs1)C(=O)C=Cc1cc(Br)cs1. The molecule has 0 bridgehead atoms. The van der Waals surface area contributed by atoms with Crippen LogP contribution in [0.1, 0.15) is 28.3 Å². The van der Waals surface area contributed by atoms with Gasteiger partial charge in [-0.1, -0.05) is 30.3 Å². The van der Waals surface area contributed by atoms with Crippen molar-refractivity contribution >= 4 is 84.2 Å². The Hall–Kier alpha value is -2.13. The van der Waals surface area contributed by atoms with Crippen molar-refractivity contribution in [2.75, 3.05) is 0 Å². The second-order valence-corrected chi connectivity index (χ2v) is 10.6. The number of benzene rings is 1. The fourth-order valence-electron chi connectivity index (χ4n) is 3.07. The highest BCUT2D eigenvalue weighted by Crippen LogP contribution is 2.27. The largest absolute Gasteiger partial charge is 0.348 e. The number of allylic oxidation sites excluding steroid dienone is 2. The van der Waals surface area contributed by atoms with Gasteiger partial charge < -0.3 is 5.32 Å². The van der Waals surface area contributed by atoms with Crippen molar-refractivity contribution in [3.8, 4) is 0 Å². The zero-order chi connectivity index (χ0) is 23.1. The highest BCUT2D eigenvalue weighted by atomic mass is 79.9. The van der Waals surface area contributed by atoms with Gasteiger partial charge in [0, 0.05) is 36.4 Å². The number of carbonyl (C=O) groups is 3. The average molecular weight is 593 g/mol.